The van der Waals surface area contributed by atoms with Crippen LogP contribution in [0.2, 0.25) is 0 Å². The van der Waals surface area contributed by atoms with Crippen molar-refractivity contribution in [3.8, 4) is 0 Å². The first-order valence-electron chi connectivity index (χ1n) is 5.57. The van der Waals surface area contributed by atoms with E-state index < -0.39 is 0 Å². The Bertz CT molecular complexity index is 330. The van der Waals surface area contributed by atoms with Gasteiger partial charge in [0.2, 0.25) is 0 Å². The topological polar surface area (TPSA) is 29.3 Å². The second-order valence-corrected chi connectivity index (χ2v) is 3.93. The quantitative estimate of drug-likeness (QED) is 0.809. The van der Waals surface area contributed by atoms with Crippen LogP contribution < -0.4 is 5.73 Å². The molecule has 1 aliphatic heterocycles. The molecule has 2 heteroatoms. The van der Waals surface area contributed by atoms with Gasteiger partial charge in [0, 0.05) is 26.2 Å². The zero-order valence-corrected chi connectivity index (χ0v) is 9.02. The van der Waals surface area contributed by atoms with Crippen molar-refractivity contribution in [3.63, 3.8) is 0 Å². The van der Waals surface area contributed by atoms with Crippen molar-refractivity contribution in [2.45, 2.75) is 6.42 Å². The minimum absolute atomic E-state index is 0.758. The molecular weight excluding hydrogens is 184 g/mol. The number of hydrogen-bond donors (Lipinski definition) is 1. The molecule has 0 spiro atoms. The molecule has 15 heavy (non-hydrogen) atoms. The average Bonchev–Trinajstić information content (AvgIpc) is 2.32. The molecule has 1 heterocycles. The summed E-state index contributed by atoms with van der Waals surface area (Å²) in [4.78, 5) is 2.40. The van der Waals surface area contributed by atoms with Crippen molar-refractivity contribution >= 4 is 5.57 Å². The Hall–Kier alpha value is -1.12. The van der Waals surface area contributed by atoms with Crippen LogP contribution in [0.5, 0.6) is 0 Å². The molecule has 2 nitrogen and oxygen atoms in total. The van der Waals surface area contributed by atoms with Crippen LogP contribution in [-0.2, 0) is 0 Å². The van der Waals surface area contributed by atoms with Gasteiger partial charge in [0.1, 0.15) is 0 Å². The lowest BCUT2D eigenvalue weighted by Gasteiger charge is -2.25. The summed E-state index contributed by atoms with van der Waals surface area (Å²) in [5, 5.41) is 0. The normalized spacial score (nSPS) is 17.5. The number of benzene rings is 1. The number of nitrogens with two attached hydrogens (primary N) is 1. The Balaban J connectivity index is 2.02. The van der Waals surface area contributed by atoms with Gasteiger partial charge in [-0.15, -0.1) is 0 Å². The molecule has 0 atom stereocenters. The molecule has 0 aromatic heterocycles. The van der Waals surface area contributed by atoms with Crippen molar-refractivity contribution < 1.29 is 0 Å². The summed E-state index contributed by atoms with van der Waals surface area (Å²) in [7, 11) is 0. The van der Waals surface area contributed by atoms with Gasteiger partial charge in [-0.2, -0.15) is 0 Å². The third-order valence-corrected chi connectivity index (χ3v) is 2.88. The van der Waals surface area contributed by atoms with Crippen LogP contribution in [0.1, 0.15) is 12.0 Å². The largest absolute Gasteiger partial charge is 0.329 e. The van der Waals surface area contributed by atoms with E-state index in [0.29, 0.717) is 0 Å². The van der Waals surface area contributed by atoms with E-state index in [1.54, 1.807) is 0 Å². The summed E-state index contributed by atoms with van der Waals surface area (Å²) < 4.78 is 0. The zero-order chi connectivity index (χ0) is 10.5. The number of nitrogens with zero attached hydrogens (tertiary/aromatic N) is 1. The van der Waals surface area contributed by atoms with E-state index in [9.17, 15) is 0 Å². The highest BCUT2D eigenvalue weighted by atomic mass is 15.1. The van der Waals surface area contributed by atoms with Gasteiger partial charge >= 0.3 is 0 Å². The third-order valence-electron chi connectivity index (χ3n) is 2.88. The molecule has 1 aliphatic rings. The standard InChI is InChI=1S/C13H18N2/c14-8-11-15-9-6-13(7-10-15)12-4-2-1-3-5-12/h1-6H,7-11,14H2. The molecule has 1 aromatic carbocycles. The van der Waals surface area contributed by atoms with E-state index in [2.05, 4.69) is 41.3 Å². The highest BCUT2D eigenvalue weighted by Gasteiger charge is 2.11. The van der Waals surface area contributed by atoms with Crippen LogP contribution in [0.15, 0.2) is 36.4 Å². The Morgan fingerprint density at radius 1 is 1.20 bits per heavy atom. The van der Waals surface area contributed by atoms with Gasteiger partial charge in [-0.3, -0.25) is 4.90 Å². The average molecular weight is 202 g/mol. The lowest BCUT2D eigenvalue weighted by Crippen LogP contribution is -2.33. The molecule has 0 radical (unpaired) electrons. The maximum atomic E-state index is 5.54. The molecule has 0 bridgehead atoms. The van der Waals surface area contributed by atoms with E-state index in [0.717, 1.165) is 32.6 Å². The highest BCUT2D eigenvalue weighted by molar-refractivity contribution is 5.66. The molecule has 0 amide bonds. The zero-order valence-electron chi connectivity index (χ0n) is 9.02. The van der Waals surface area contributed by atoms with Crippen LogP contribution in [0.4, 0.5) is 0 Å². The van der Waals surface area contributed by atoms with Gasteiger partial charge in [-0.25, -0.2) is 0 Å². The Morgan fingerprint density at radius 2 is 2.00 bits per heavy atom. The summed E-state index contributed by atoms with van der Waals surface area (Å²) in [6, 6.07) is 10.6. The molecule has 2 N–H and O–H groups in total. The van der Waals surface area contributed by atoms with Crippen molar-refractivity contribution in [2.75, 3.05) is 26.2 Å². The van der Waals surface area contributed by atoms with Gasteiger partial charge in [-0.1, -0.05) is 36.4 Å². The molecule has 1 aromatic rings. The minimum Gasteiger partial charge on any atom is -0.329 e. The fourth-order valence-corrected chi connectivity index (χ4v) is 2.01. The summed E-state index contributed by atoms with van der Waals surface area (Å²) in [6.45, 7) is 3.95. The second kappa shape index (κ2) is 5.10. The van der Waals surface area contributed by atoms with Crippen molar-refractivity contribution in [2.24, 2.45) is 5.73 Å². The number of rotatable bonds is 3. The van der Waals surface area contributed by atoms with E-state index in [1.807, 2.05) is 0 Å². The van der Waals surface area contributed by atoms with Crippen LogP contribution >= 0.6 is 0 Å². The van der Waals surface area contributed by atoms with Crippen LogP contribution in [0.25, 0.3) is 5.57 Å². The lowest BCUT2D eigenvalue weighted by molar-refractivity contribution is 0.310. The molecular formula is C13H18N2. The van der Waals surface area contributed by atoms with Crippen molar-refractivity contribution in [1.29, 1.82) is 0 Å². The van der Waals surface area contributed by atoms with E-state index in [-0.39, 0.29) is 0 Å². The van der Waals surface area contributed by atoms with Gasteiger partial charge in [0.15, 0.2) is 0 Å². The van der Waals surface area contributed by atoms with E-state index in [4.69, 9.17) is 5.73 Å². The van der Waals surface area contributed by atoms with E-state index >= 15 is 0 Å². The monoisotopic (exact) mass is 202 g/mol. The fourth-order valence-electron chi connectivity index (χ4n) is 2.01. The first-order chi connectivity index (χ1) is 7.40. The summed E-state index contributed by atoms with van der Waals surface area (Å²) in [6.07, 6.45) is 3.47. The predicted molar refractivity (Wildman–Crippen MR) is 64.5 cm³/mol. The summed E-state index contributed by atoms with van der Waals surface area (Å²) in [5.41, 5.74) is 8.38. The highest BCUT2D eigenvalue weighted by Crippen LogP contribution is 2.21. The summed E-state index contributed by atoms with van der Waals surface area (Å²) >= 11 is 0. The van der Waals surface area contributed by atoms with Gasteiger partial charge < -0.3 is 5.73 Å². The molecule has 2 rings (SSSR count). The van der Waals surface area contributed by atoms with Gasteiger partial charge in [-0.05, 0) is 17.6 Å². The fraction of sp³-hybridized carbons (Fsp3) is 0.385. The molecule has 0 saturated heterocycles. The van der Waals surface area contributed by atoms with E-state index in [1.165, 1.54) is 11.1 Å². The second-order valence-electron chi connectivity index (χ2n) is 3.93. The van der Waals surface area contributed by atoms with Crippen molar-refractivity contribution in [3.05, 3.63) is 42.0 Å². The Labute approximate surface area is 91.4 Å². The van der Waals surface area contributed by atoms with Crippen LogP contribution in [0, 0.1) is 0 Å². The molecule has 80 valence electrons. The van der Waals surface area contributed by atoms with Gasteiger partial charge in [0.25, 0.3) is 0 Å². The van der Waals surface area contributed by atoms with Crippen molar-refractivity contribution in [1.82, 2.24) is 4.90 Å². The summed E-state index contributed by atoms with van der Waals surface area (Å²) in [5.74, 6) is 0. The number of hydrogen-bond acceptors (Lipinski definition) is 2. The SMILES string of the molecule is NCCN1CC=C(c2ccccc2)CC1. The van der Waals surface area contributed by atoms with Crippen LogP contribution in [0.3, 0.4) is 0 Å². The first-order valence-corrected chi connectivity index (χ1v) is 5.57. The Kier molecular flexibility index (Phi) is 3.54. The molecule has 0 unspecified atom stereocenters. The maximum absolute atomic E-state index is 5.54. The minimum atomic E-state index is 0.758. The third kappa shape index (κ3) is 2.67. The lowest BCUT2D eigenvalue weighted by atomic mass is 10.00. The van der Waals surface area contributed by atoms with Gasteiger partial charge in [0.05, 0.1) is 0 Å². The maximum Gasteiger partial charge on any atom is 0.0169 e. The smallest absolute Gasteiger partial charge is 0.0169 e. The molecule has 0 saturated carbocycles. The predicted octanol–water partition coefficient (Wildman–Crippen LogP) is 1.73. The first kappa shape index (κ1) is 10.4. The molecule has 0 fully saturated rings. The Morgan fingerprint density at radius 3 is 2.60 bits per heavy atom. The van der Waals surface area contributed by atoms with Crippen LogP contribution in [-0.4, -0.2) is 31.1 Å². The molecule has 0 aliphatic carbocycles.